The molecule has 0 spiro atoms. The summed E-state index contributed by atoms with van der Waals surface area (Å²) in [7, 11) is 3.09. The molecule has 106 valence electrons. The molecule has 0 radical (unpaired) electrons. The summed E-state index contributed by atoms with van der Waals surface area (Å²) in [6.45, 7) is 2.01. The number of H-pyrrole nitrogens is 1. The molecule has 0 amide bonds. The molecule has 0 fully saturated rings. The molecule has 20 heavy (non-hydrogen) atoms. The predicted molar refractivity (Wildman–Crippen MR) is 70.9 cm³/mol. The van der Waals surface area contributed by atoms with E-state index in [1.54, 1.807) is 32.2 Å². The first-order valence-electron chi connectivity index (χ1n) is 6.01. The number of benzene rings is 1. The van der Waals surface area contributed by atoms with Crippen LogP contribution in [0, 0.1) is 0 Å². The third-order valence-electron chi connectivity index (χ3n) is 2.67. The van der Waals surface area contributed by atoms with Gasteiger partial charge in [-0.3, -0.25) is 0 Å². The average Bonchev–Trinajstić information content (AvgIpc) is 2.96. The van der Waals surface area contributed by atoms with Crippen molar-refractivity contribution in [3.8, 4) is 22.8 Å². The van der Waals surface area contributed by atoms with Gasteiger partial charge in [-0.2, -0.15) is 10.3 Å². The normalized spacial score (nSPS) is 10.2. The van der Waals surface area contributed by atoms with Crippen molar-refractivity contribution in [1.82, 2.24) is 15.4 Å². The van der Waals surface area contributed by atoms with Crippen molar-refractivity contribution in [1.29, 1.82) is 0 Å². The minimum absolute atomic E-state index is 0.138. The second-order valence-corrected chi connectivity index (χ2v) is 3.81. The number of carbonyl (C=O) groups excluding carboxylic acids is 1. The van der Waals surface area contributed by atoms with Crippen LogP contribution in [-0.4, -0.2) is 42.2 Å². The summed E-state index contributed by atoms with van der Waals surface area (Å²) >= 11 is 0. The number of carbonyl (C=O) groups is 1. The van der Waals surface area contributed by atoms with Gasteiger partial charge in [0.2, 0.25) is 0 Å². The van der Waals surface area contributed by atoms with E-state index in [9.17, 15) is 4.79 Å². The molecule has 0 bridgehead atoms. The van der Waals surface area contributed by atoms with Crippen molar-refractivity contribution in [3.05, 3.63) is 23.9 Å². The van der Waals surface area contributed by atoms with Gasteiger partial charge in [0.05, 0.1) is 20.8 Å². The number of hydrogen-bond acceptors (Lipinski definition) is 6. The second-order valence-electron chi connectivity index (χ2n) is 3.81. The molecule has 0 atom stereocenters. The smallest absolute Gasteiger partial charge is 0.361 e. The van der Waals surface area contributed by atoms with Crippen molar-refractivity contribution in [3.63, 3.8) is 0 Å². The van der Waals surface area contributed by atoms with Crippen molar-refractivity contribution in [2.75, 3.05) is 20.8 Å². The number of aromatic nitrogens is 3. The van der Waals surface area contributed by atoms with Gasteiger partial charge in [-0.15, -0.1) is 5.10 Å². The van der Waals surface area contributed by atoms with Crippen molar-refractivity contribution >= 4 is 5.97 Å². The summed E-state index contributed by atoms with van der Waals surface area (Å²) in [6, 6.07) is 5.22. The number of nitrogens with zero attached hydrogens (tertiary/aromatic N) is 2. The fraction of sp³-hybridized carbons (Fsp3) is 0.308. The van der Waals surface area contributed by atoms with E-state index in [4.69, 9.17) is 14.2 Å². The lowest BCUT2D eigenvalue weighted by atomic mass is 10.1. The molecule has 2 aromatic rings. The largest absolute Gasteiger partial charge is 0.493 e. The van der Waals surface area contributed by atoms with E-state index in [1.165, 1.54) is 7.11 Å². The van der Waals surface area contributed by atoms with Gasteiger partial charge in [-0.05, 0) is 25.1 Å². The number of nitrogens with one attached hydrogen (secondary N) is 1. The molecule has 0 aliphatic rings. The number of methoxy groups -OCH3 is 2. The Kier molecular flexibility index (Phi) is 4.19. The lowest BCUT2D eigenvalue weighted by Gasteiger charge is -2.08. The highest BCUT2D eigenvalue weighted by atomic mass is 16.5. The van der Waals surface area contributed by atoms with Crippen LogP contribution in [0.1, 0.15) is 17.4 Å². The second kappa shape index (κ2) is 6.05. The van der Waals surface area contributed by atoms with E-state index in [2.05, 4.69) is 15.4 Å². The van der Waals surface area contributed by atoms with Crippen LogP contribution in [0.5, 0.6) is 11.5 Å². The number of ether oxygens (including phenoxy) is 3. The molecule has 0 unspecified atom stereocenters. The number of hydrogen-bond donors (Lipinski definition) is 1. The minimum atomic E-state index is -0.522. The zero-order chi connectivity index (χ0) is 14.5. The molecule has 0 aliphatic carbocycles. The average molecular weight is 277 g/mol. The molecule has 1 aromatic carbocycles. The predicted octanol–water partition coefficient (Wildman–Crippen LogP) is 1.67. The first-order chi connectivity index (χ1) is 9.71. The van der Waals surface area contributed by atoms with Crippen LogP contribution in [0.3, 0.4) is 0 Å². The van der Waals surface area contributed by atoms with Crippen molar-refractivity contribution < 1.29 is 19.0 Å². The topological polar surface area (TPSA) is 86.3 Å². The van der Waals surface area contributed by atoms with Gasteiger partial charge in [-0.25, -0.2) is 4.79 Å². The Labute approximate surface area is 115 Å². The number of rotatable bonds is 5. The van der Waals surface area contributed by atoms with E-state index < -0.39 is 5.97 Å². The van der Waals surface area contributed by atoms with E-state index in [0.29, 0.717) is 22.8 Å². The fourth-order valence-corrected chi connectivity index (χ4v) is 1.76. The lowest BCUT2D eigenvalue weighted by molar-refractivity contribution is 0.0520. The van der Waals surface area contributed by atoms with Crippen LogP contribution >= 0.6 is 0 Å². The Balaban J connectivity index is 2.42. The standard InChI is InChI=1S/C13H15N3O4/c1-4-20-13(17)12-11(14-16-15-12)8-5-6-9(18-2)10(7-8)19-3/h5-7H,4H2,1-3H3,(H,14,15,16). The molecule has 7 heteroatoms. The zero-order valence-electron chi connectivity index (χ0n) is 11.5. The van der Waals surface area contributed by atoms with E-state index in [0.717, 1.165) is 0 Å². The SMILES string of the molecule is CCOC(=O)c1n[nH]nc1-c1ccc(OC)c(OC)c1. The lowest BCUT2D eigenvalue weighted by Crippen LogP contribution is -2.06. The Bertz CT molecular complexity index is 609. The highest BCUT2D eigenvalue weighted by molar-refractivity contribution is 5.94. The van der Waals surface area contributed by atoms with Gasteiger partial charge in [0, 0.05) is 5.56 Å². The van der Waals surface area contributed by atoms with Gasteiger partial charge < -0.3 is 14.2 Å². The number of esters is 1. The maximum Gasteiger partial charge on any atom is 0.361 e. The summed E-state index contributed by atoms with van der Waals surface area (Å²) in [5.74, 6) is 0.617. The van der Waals surface area contributed by atoms with Gasteiger partial charge in [0.1, 0.15) is 5.69 Å². The molecule has 0 aliphatic heterocycles. The maximum atomic E-state index is 11.8. The van der Waals surface area contributed by atoms with Gasteiger partial charge in [0.25, 0.3) is 0 Å². The van der Waals surface area contributed by atoms with Gasteiger partial charge in [0.15, 0.2) is 17.2 Å². The molecule has 0 saturated carbocycles. The summed E-state index contributed by atoms with van der Waals surface area (Å²) in [5.41, 5.74) is 1.22. The monoisotopic (exact) mass is 277 g/mol. The van der Waals surface area contributed by atoms with Gasteiger partial charge in [-0.1, -0.05) is 0 Å². The third kappa shape index (κ3) is 2.56. The molecule has 1 N–H and O–H groups in total. The van der Waals surface area contributed by atoms with Crippen LogP contribution in [0.4, 0.5) is 0 Å². The molecule has 1 heterocycles. The first kappa shape index (κ1) is 13.9. The fourth-order valence-electron chi connectivity index (χ4n) is 1.76. The van der Waals surface area contributed by atoms with E-state index in [-0.39, 0.29) is 12.3 Å². The summed E-state index contributed by atoms with van der Waals surface area (Å²) < 4.78 is 15.3. The highest BCUT2D eigenvalue weighted by Gasteiger charge is 2.20. The number of aromatic amines is 1. The van der Waals surface area contributed by atoms with Crippen LogP contribution in [0.25, 0.3) is 11.3 Å². The van der Waals surface area contributed by atoms with Crippen LogP contribution in [0.15, 0.2) is 18.2 Å². The third-order valence-corrected chi connectivity index (χ3v) is 2.67. The Morgan fingerprint density at radius 1 is 1.20 bits per heavy atom. The Morgan fingerprint density at radius 2 is 1.95 bits per heavy atom. The molecular weight excluding hydrogens is 262 g/mol. The van der Waals surface area contributed by atoms with Crippen LogP contribution in [-0.2, 0) is 4.74 Å². The maximum absolute atomic E-state index is 11.8. The summed E-state index contributed by atoms with van der Waals surface area (Å²) in [6.07, 6.45) is 0. The van der Waals surface area contributed by atoms with E-state index in [1.807, 2.05) is 0 Å². The van der Waals surface area contributed by atoms with Crippen molar-refractivity contribution in [2.45, 2.75) is 6.92 Å². The molecular formula is C13H15N3O4. The minimum Gasteiger partial charge on any atom is -0.493 e. The van der Waals surface area contributed by atoms with E-state index >= 15 is 0 Å². The van der Waals surface area contributed by atoms with Gasteiger partial charge >= 0.3 is 5.97 Å². The first-order valence-corrected chi connectivity index (χ1v) is 6.01. The summed E-state index contributed by atoms with van der Waals surface area (Å²) in [4.78, 5) is 11.8. The quantitative estimate of drug-likeness (QED) is 0.836. The summed E-state index contributed by atoms with van der Waals surface area (Å²) in [5, 5.41) is 10.2. The molecule has 2 rings (SSSR count). The van der Waals surface area contributed by atoms with Crippen molar-refractivity contribution in [2.24, 2.45) is 0 Å². The Morgan fingerprint density at radius 3 is 2.60 bits per heavy atom. The molecule has 7 nitrogen and oxygen atoms in total. The highest BCUT2D eigenvalue weighted by Crippen LogP contribution is 2.32. The van der Waals surface area contributed by atoms with Crippen LogP contribution < -0.4 is 9.47 Å². The Hall–Kier alpha value is -2.57. The van der Waals surface area contributed by atoms with Crippen LogP contribution in [0.2, 0.25) is 0 Å². The molecule has 1 aromatic heterocycles. The zero-order valence-corrected chi connectivity index (χ0v) is 11.5. The molecule has 0 saturated heterocycles.